The molecule has 0 bridgehead atoms. The van der Waals surface area contributed by atoms with Crippen molar-refractivity contribution in [2.45, 2.75) is 30.0 Å². The highest BCUT2D eigenvalue weighted by atomic mass is 35.5. The van der Waals surface area contributed by atoms with E-state index in [1.165, 1.54) is 31.0 Å². The fraction of sp³-hybridized carbons (Fsp3) is 0.583. The molecule has 2 heterocycles. The van der Waals surface area contributed by atoms with Gasteiger partial charge in [0.25, 0.3) is 5.03 Å². The number of aromatic amines is 1. The highest BCUT2D eigenvalue weighted by Gasteiger charge is 2.21. The second-order valence-electron chi connectivity index (χ2n) is 3.98. The number of pyridine rings is 1. The summed E-state index contributed by atoms with van der Waals surface area (Å²) in [6.07, 6.45) is 4.55. The molecule has 1 aliphatic heterocycles. The van der Waals surface area contributed by atoms with Crippen LogP contribution in [0.3, 0.4) is 0 Å². The Balaban J connectivity index is 0.00000144. The molecular weight excluding hydrogens is 291 g/mol. The molecule has 2 rings (SSSR count). The zero-order valence-corrected chi connectivity index (χ0v) is 12.8. The van der Waals surface area contributed by atoms with E-state index in [2.05, 4.69) is 10.3 Å². The number of thioether (sulfide) groups is 1. The van der Waals surface area contributed by atoms with Crippen LogP contribution in [0.5, 0.6) is 5.75 Å². The molecule has 18 heavy (non-hydrogen) atoms. The first-order valence-corrected chi connectivity index (χ1v) is 6.90. The van der Waals surface area contributed by atoms with Crippen molar-refractivity contribution in [2.24, 2.45) is 0 Å². The van der Waals surface area contributed by atoms with Gasteiger partial charge in [-0.05, 0) is 24.8 Å². The quantitative estimate of drug-likeness (QED) is 0.604. The largest absolute Gasteiger partial charge is 1.00 e. The average molecular weight is 311 g/mol. The van der Waals surface area contributed by atoms with Crippen molar-refractivity contribution in [2.75, 3.05) is 19.7 Å². The number of nitrogens with two attached hydrogens (primary N) is 1. The number of halogens is 2. The Hall–Kier alpha value is -0.160. The van der Waals surface area contributed by atoms with Gasteiger partial charge in [-0.2, -0.15) is 0 Å². The summed E-state index contributed by atoms with van der Waals surface area (Å²) in [7, 11) is 0. The third-order valence-corrected chi connectivity index (χ3v) is 4.11. The van der Waals surface area contributed by atoms with Crippen molar-refractivity contribution in [3.8, 4) is 5.75 Å². The van der Waals surface area contributed by atoms with Crippen LogP contribution in [0.2, 0.25) is 0 Å². The molecule has 0 atom stereocenters. The second-order valence-corrected chi connectivity index (χ2v) is 5.29. The average Bonchev–Trinajstić information content (AvgIpc) is 2.33. The molecule has 0 aromatic carbocycles. The van der Waals surface area contributed by atoms with Gasteiger partial charge in [-0.15, -0.1) is 0 Å². The van der Waals surface area contributed by atoms with E-state index in [9.17, 15) is 0 Å². The Bertz CT molecular complexity index is 336. The van der Waals surface area contributed by atoms with E-state index in [1.54, 1.807) is 0 Å². The molecule has 3 N–H and O–H groups in total. The second kappa shape index (κ2) is 9.73. The molecule has 0 aliphatic carbocycles. The number of quaternary nitrogens is 1. The maximum Gasteiger partial charge on any atom is 0.281 e. The molecule has 1 aromatic heterocycles. The van der Waals surface area contributed by atoms with Gasteiger partial charge < -0.3 is 34.9 Å². The van der Waals surface area contributed by atoms with Crippen molar-refractivity contribution in [3.63, 3.8) is 0 Å². The molecule has 104 valence electrons. The number of hydrogen-bond donors (Lipinski definition) is 1. The van der Waals surface area contributed by atoms with Gasteiger partial charge >= 0.3 is 0 Å². The Morgan fingerprint density at radius 3 is 2.78 bits per heavy atom. The summed E-state index contributed by atoms with van der Waals surface area (Å²) in [4.78, 5) is 3.30. The number of piperidine rings is 1. The van der Waals surface area contributed by atoms with Crippen molar-refractivity contribution in [1.29, 1.82) is 0 Å². The van der Waals surface area contributed by atoms with Crippen LogP contribution in [0.4, 0.5) is 0 Å². The minimum atomic E-state index is 0. The number of nitrogens with one attached hydrogen (secondary N) is 1. The van der Waals surface area contributed by atoms with Crippen LogP contribution in [0.1, 0.15) is 19.8 Å². The van der Waals surface area contributed by atoms with Gasteiger partial charge in [-0.1, -0.05) is 0 Å². The van der Waals surface area contributed by atoms with E-state index in [0.717, 1.165) is 17.6 Å². The standard InChI is InChI=1S/C12H18N2OS.2ClH/c1-2-15-11-4-3-7-14-12(11)16-10-5-8-13-9-6-10;;/h3-4,7,10,13H,2,5-6,8-9H2,1H3;2*1H. The normalized spacial score (nSPS) is 15.4. The molecule has 0 spiro atoms. The molecule has 3 nitrogen and oxygen atoms in total. The first-order chi connectivity index (χ1) is 7.90. The summed E-state index contributed by atoms with van der Waals surface area (Å²) in [5.41, 5.74) is 0. The highest BCUT2D eigenvalue weighted by Crippen LogP contribution is 2.30. The van der Waals surface area contributed by atoms with E-state index in [0.29, 0.717) is 0 Å². The van der Waals surface area contributed by atoms with E-state index in [4.69, 9.17) is 4.74 Å². The van der Waals surface area contributed by atoms with E-state index in [1.807, 2.05) is 37.0 Å². The molecule has 0 amide bonds. The van der Waals surface area contributed by atoms with Gasteiger partial charge in [0, 0.05) is 24.2 Å². The lowest BCUT2D eigenvalue weighted by Gasteiger charge is -2.18. The molecule has 0 saturated carbocycles. The molecule has 1 fully saturated rings. The number of hydrogen-bond acceptors (Lipinski definition) is 2. The molecule has 0 unspecified atom stereocenters. The first kappa shape index (κ1) is 17.8. The van der Waals surface area contributed by atoms with Gasteiger partial charge in [-0.3, -0.25) is 0 Å². The lowest BCUT2D eigenvalue weighted by Crippen LogP contribution is -3.00. The highest BCUT2D eigenvalue weighted by molar-refractivity contribution is 7.99. The SMILES string of the molecule is CCOc1ccc[nH+]c1SC1CC[NH2+]CC1.[Cl-].[Cl-]. The monoisotopic (exact) mass is 310 g/mol. The third kappa shape index (κ3) is 5.22. The first-order valence-electron chi connectivity index (χ1n) is 6.02. The maximum atomic E-state index is 5.62. The van der Waals surface area contributed by atoms with Crippen LogP contribution >= 0.6 is 11.8 Å². The number of H-pyrrole nitrogens is 1. The molecule has 1 aromatic rings. The van der Waals surface area contributed by atoms with E-state index in [-0.39, 0.29) is 24.8 Å². The lowest BCUT2D eigenvalue weighted by atomic mass is 10.2. The fourth-order valence-electron chi connectivity index (χ4n) is 1.95. The summed E-state index contributed by atoms with van der Waals surface area (Å²) in [6, 6.07) is 4.03. The van der Waals surface area contributed by atoms with Gasteiger partial charge in [0.05, 0.1) is 19.7 Å². The van der Waals surface area contributed by atoms with Crippen LogP contribution in [-0.2, 0) is 0 Å². The Kier molecular flexibility index (Phi) is 9.64. The van der Waals surface area contributed by atoms with Crippen molar-refractivity contribution < 1.29 is 39.9 Å². The summed E-state index contributed by atoms with van der Waals surface area (Å²) >= 11 is 1.93. The molecule has 1 saturated heterocycles. The Morgan fingerprint density at radius 2 is 2.11 bits per heavy atom. The number of rotatable bonds is 4. The van der Waals surface area contributed by atoms with E-state index < -0.39 is 0 Å². The molecular formula is C12H20Cl2N2OS. The maximum absolute atomic E-state index is 5.62. The fourth-order valence-corrected chi connectivity index (χ4v) is 3.17. The minimum Gasteiger partial charge on any atom is -1.00 e. The minimum absolute atomic E-state index is 0. The topological polar surface area (TPSA) is 40.0 Å². The van der Waals surface area contributed by atoms with Crippen LogP contribution in [-0.4, -0.2) is 24.9 Å². The Labute approximate surface area is 125 Å². The van der Waals surface area contributed by atoms with Crippen molar-refractivity contribution in [1.82, 2.24) is 0 Å². The van der Waals surface area contributed by atoms with Crippen molar-refractivity contribution >= 4 is 11.8 Å². The predicted molar refractivity (Wildman–Crippen MR) is 64.7 cm³/mol. The van der Waals surface area contributed by atoms with Crippen LogP contribution in [0.25, 0.3) is 0 Å². The molecule has 6 heteroatoms. The van der Waals surface area contributed by atoms with Gasteiger partial charge in [0.1, 0.15) is 0 Å². The summed E-state index contributed by atoms with van der Waals surface area (Å²) in [6.45, 7) is 5.27. The van der Waals surface area contributed by atoms with Crippen molar-refractivity contribution in [3.05, 3.63) is 18.3 Å². The van der Waals surface area contributed by atoms with Crippen LogP contribution in [0, 0.1) is 0 Å². The molecule has 1 aliphatic rings. The lowest BCUT2D eigenvalue weighted by molar-refractivity contribution is -0.661. The molecule has 0 radical (unpaired) electrons. The third-order valence-electron chi connectivity index (χ3n) is 2.75. The van der Waals surface area contributed by atoms with Gasteiger partial charge in [0.2, 0.25) is 0 Å². The van der Waals surface area contributed by atoms with Gasteiger partial charge in [-0.25, -0.2) is 4.98 Å². The van der Waals surface area contributed by atoms with Crippen LogP contribution < -0.4 is 39.9 Å². The summed E-state index contributed by atoms with van der Waals surface area (Å²) in [5.74, 6) is 0.990. The van der Waals surface area contributed by atoms with Crippen LogP contribution in [0.15, 0.2) is 23.4 Å². The van der Waals surface area contributed by atoms with E-state index >= 15 is 0 Å². The van der Waals surface area contributed by atoms with Gasteiger partial charge in [0.15, 0.2) is 11.9 Å². The Morgan fingerprint density at radius 1 is 1.39 bits per heavy atom. The predicted octanol–water partition coefficient (Wildman–Crippen LogP) is -5.27. The zero-order valence-electron chi connectivity index (χ0n) is 10.5. The number of aromatic nitrogens is 1. The summed E-state index contributed by atoms with van der Waals surface area (Å²) < 4.78 is 5.62. The zero-order chi connectivity index (χ0) is 11.2. The summed E-state index contributed by atoms with van der Waals surface area (Å²) in [5, 5.41) is 4.31. The number of ether oxygens (including phenoxy) is 1. The smallest absolute Gasteiger partial charge is 0.281 e.